The summed E-state index contributed by atoms with van der Waals surface area (Å²) in [7, 11) is 1.65. The van der Waals surface area contributed by atoms with Crippen LogP contribution in [0.25, 0.3) is 0 Å². The zero-order chi connectivity index (χ0) is 14.4. The molecule has 0 aliphatic rings. The van der Waals surface area contributed by atoms with Crippen LogP contribution in [0.3, 0.4) is 0 Å². The molecule has 0 heterocycles. The van der Waals surface area contributed by atoms with Crippen LogP contribution >= 0.6 is 23.8 Å². The molecule has 0 aliphatic carbocycles. The minimum atomic E-state index is -0.660. The van der Waals surface area contributed by atoms with Gasteiger partial charge in [0.05, 0.1) is 0 Å². The van der Waals surface area contributed by atoms with Gasteiger partial charge in [0.2, 0.25) is 0 Å². The standard InChI is InChI=1S/C12H16ClN3O2S/c1-7-6-9(4-5-10(7)13)18-8(2)11(17)15-16-12(19)14-3/h4-6,8H,1-3H3,(H,15,17)(H2,14,16,19)/t8-/m1/s1. The van der Waals surface area contributed by atoms with Crippen LogP contribution in [0.15, 0.2) is 18.2 Å². The van der Waals surface area contributed by atoms with Crippen LogP contribution in [0.2, 0.25) is 5.02 Å². The van der Waals surface area contributed by atoms with Gasteiger partial charge in [-0.05, 0) is 49.8 Å². The topological polar surface area (TPSA) is 62.4 Å². The van der Waals surface area contributed by atoms with E-state index < -0.39 is 6.10 Å². The molecule has 0 fully saturated rings. The molecule has 1 aromatic carbocycles. The highest BCUT2D eigenvalue weighted by atomic mass is 35.5. The van der Waals surface area contributed by atoms with Gasteiger partial charge < -0.3 is 10.1 Å². The van der Waals surface area contributed by atoms with E-state index in [0.29, 0.717) is 15.9 Å². The van der Waals surface area contributed by atoms with Gasteiger partial charge in [-0.25, -0.2) is 0 Å². The Labute approximate surface area is 122 Å². The van der Waals surface area contributed by atoms with Crippen LogP contribution in [0.1, 0.15) is 12.5 Å². The summed E-state index contributed by atoms with van der Waals surface area (Å²) in [6, 6.07) is 5.22. The SMILES string of the molecule is CNC(=S)NNC(=O)[C@@H](C)Oc1ccc(Cl)c(C)c1. The summed E-state index contributed by atoms with van der Waals surface area (Å²) in [5.74, 6) is 0.256. The molecule has 0 radical (unpaired) electrons. The van der Waals surface area contributed by atoms with E-state index in [9.17, 15) is 4.79 Å². The molecular formula is C12H16ClN3O2S. The number of nitrogens with one attached hydrogen (secondary N) is 3. The summed E-state index contributed by atoms with van der Waals surface area (Å²) < 4.78 is 5.50. The summed E-state index contributed by atoms with van der Waals surface area (Å²) in [6.07, 6.45) is -0.660. The minimum absolute atomic E-state index is 0.322. The van der Waals surface area contributed by atoms with Crippen molar-refractivity contribution >= 4 is 34.8 Å². The fraction of sp³-hybridized carbons (Fsp3) is 0.333. The number of rotatable bonds is 3. The Hall–Kier alpha value is -1.53. The second kappa shape index (κ2) is 7.16. The maximum Gasteiger partial charge on any atom is 0.279 e. The fourth-order valence-corrected chi connectivity index (χ4v) is 1.40. The summed E-state index contributed by atoms with van der Waals surface area (Å²) in [5.41, 5.74) is 5.86. The number of carbonyl (C=O) groups is 1. The van der Waals surface area contributed by atoms with Crippen LogP contribution in [0, 0.1) is 6.92 Å². The molecule has 0 bridgehead atoms. The molecule has 0 spiro atoms. The predicted molar refractivity (Wildman–Crippen MR) is 79.2 cm³/mol. The van der Waals surface area contributed by atoms with Gasteiger partial charge in [-0.1, -0.05) is 11.6 Å². The fourth-order valence-electron chi connectivity index (χ4n) is 1.23. The molecule has 0 aliphatic heterocycles. The highest BCUT2D eigenvalue weighted by molar-refractivity contribution is 7.80. The first kappa shape index (κ1) is 15.5. The molecule has 1 atom stereocenters. The highest BCUT2D eigenvalue weighted by Crippen LogP contribution is 2.21. The number of hydrogen-bond donors (Lipinski definition) is 3. The van der Waals surface area contributed by atoms with Gasteiger partial charge in [-0.2, -0.15) is 0 Å². The van der Waals surface area contributed by atoms with E-state index in [1.165, 1.54) is 0 Å². The molecule has 0 aromatic heterocycles. The Balaban J connectivity index is 2.53. The Kier molecular flexibility index (Phi) is 5.85. The van der Waals surface area contributed by atoms with Crippen molar-refractivity contribution in [2.24, 2.45) is 0 Å². The average molecular weight is 302 g/mol. The molecule has 1 rings (SSSR count). The van der Waals surface area contributed by atoms with Gasteiger partial charge in [0.1, 0.15) is 5.75 Å². The van der Waals surface area contributed by atoms with Crippen LogP contribution in [0.4, 0.5) is 0 Å². The van der Waals surface area contributed by atoms with Crippen LogP contribution in [-0.4, -0.2) is 24.2 Å². The Bertz CT molecular complexity index is 482. The average Bonchev–Trinajstić information content (AvgIpc) is 2.39. The summed E-state index contributed by atoms with van der Waals surface area (Å²) in [6.45, 7) is 3.51. The van der Waals surface area contributed by atoms with Crippen molar-refractivity contribution in [2.45, 2.75) is 20.0 Å². The molecule has 1 amide bonds. The summed E-state index contributed by atoms with van der Waals surface area (Å²) in [5, 5.41) is 3.65. The van der Waals surface area contributed by atoms with Gasteiger partial charge in [0.15, 0.2) is 11.2 Å². The van der Waals surface area contributed by atoms with Crippen LogP contribution in [0.5, 0.6) is 5.75 Å². The first-order chi connectivity index (χ1) is 8.93. The molecule has 104 valence electrons. The van der Waals surface area contributed by atoms with Crippen LogP contribution in [-0.2, 0) is 4.79 Å². The van der Waals surface area contributed by atoms with E-state index in [0.717, 1.165) is 5.56 Å². The summed E-state index contributed by atoms with van der Waals surface area (Å²) >= 11 is 10.7. The highest BCUT2D eigenvalue weighted by Gasteiger charge is 2.14. The number of benzene rings is 1. The maximum atomic E-state index is 11.7. The third-order valence-electron chi connectivity index (χ3n) is 2.34. The molecule has 0 saturated heterocycles. The van der Waals surface area contributed by atoms with E-state index in [-0.39, 0.29) is 5.91 Å². The lowest BCUT2D eigenvalue weighted by molar-refractivity contribution is -0.127. The lowest BCUT2D eigenvalue weighted by Crippen LogP contribution is -2.49. The van der Waals surface area contributed by atoms with Gasteiger partial charge >= 0.3 is 0 Å². The van der Waals surface area contributed by atoms with Crippen molar-refractivity contribution in [3.63, 3.8) is 0 Å². The van der Waals surface area contributed by atoms with E-state index in [1.807, 2.05) is 6.92 Å². The third-order valence-corrected chi connectivity index (χ3v) is 3.07. The molecule has 19 heavy (non-hydrogen) atoms. The minimum Gasteiger partial charge on any atom is -0.481 e. The first-order valence-electron chi connectivity index (χ1n) is 5.64. The van der Waals surface area contributed by atoms with Gasteiger partial charge in [-0.3, -0.25) is 15.6 Å². The van der Waals surface area contributed by atoms with Crippen molar-refractivity contribution in [1.82, 2.24) is 16.2 Å². The number of ether oxygens (including phenoxy) is 1. The van der Waals surface area contributed by atoms with Crippen molar-refractivity contribution in [3.05, 3.63) is 28.8 Å². The third kappa shape index (κ3) is 4.92. The molecule has 0 saturated carbocycles. The monoisotopic (exact) mass is 301 g/mol. The van der Waals surface area contributed by atoms with Gasteiger partial charge in [0, 0.05) is 12.1 Å². The zero-order valence-corrected chi connectivity index (χ0v) is 12.5. The number of carbonyl (C=O) groups excluding carboxylic acids is 1. The quantitative estimate of drug-likeness (QED) is 0.584. The summed E-state index contributed by atoms with van der Waals surface area (Å²) in [4.78, 5) is 11.7. The van der Waals surface area contributed by atoms with Gasteiger partial charge in [0.25, 0.3) is 5.91 Å². The zero-order valence-electron chi connectivity index (χ0n) is 10.9. The smallest absolute Gasteiger partial charge is 0.279 e. The van der Waals surface area contributed by atoms with E-state index in [4.69, 9.17) is 28.6 Å². The normalized spacial score (nSPS) is 11.4. The van der Waals surface area contributed by atoms with Crippen molar-refractivity contribution in [2.75, 3.05) is 7.05 Å². The predicted octanol–water partition coefficient (Wildman–Crippen LogP) is 1.54. The first-order valence-corrected chi connectivity index (χ1v) is 6.43. The van der Waals surface area contributed by atoms with Gasteiger partial charge in [-0.15, -0.1) is 0 Å². The molecular weight excluding hydrogens is 286 g/mol. The lowest BCUT2D eigenvalue weighted by atomic mass is 10.2. The van der Waals surface area contributed by atoms with E-state index in [1.54, 1.807) is 32.2 Å². The number of hydrazine groups is 1. The van der Waals surface area contributed by atoms with Crippen molar-refractivity contribution < 1.29 is 9.53 Å². The Morgan fingerprint density at radius 3 is 2.68 bits per heavy atom. The van der Waals surface area contributed by atoms with E-state index >= 15 is 0 Å². The second-order valence-corrected chi connectivity index (χ2v) is 4.68. The molecule has 5 nitrogen and oxygen atoms in total. The number of hydrogen-bond acceptors (Lipinski definition) is 3. The molecule has 1 aromatic rings. The van der Waals surface area contributed by atoms with Crippen LogP contribution < -0.4 is 20.9 Å². The largest absolute Gasteiger partial charge is 0.481 e. The Morgan fingerprint density at radius 2 is 2.11 bits per heavy atom. The number of halogens is 1. The molecule has 3 N–H and O–H groups in total. The Morgan fingerprint density at radius 1 is 1.42 bits per heavy atom. The molecule has 0 unspecified atom stereocenters. The molecule has 7 heteroatoms. The van der Waals surface area contributed by atoms with Crippen molar-refractivity contribution in [1.29, 1.82) is 0 Å². The second-order valence-electron chi connectivity index (χ2n) is 3.86. The number of thiocarbonyl (C=S) groups is 1. The van der Waals surface area contributed by atoms with Crippen molar-refractivity contribution in [3.8, 4) is 5.75 Å². The maximum absolute atomic E-state index is 11.7. The number of amides is 1. The number of aryl methyl sites for hydroxylation is 1. The lowest BCUT2D eigenvalue weighted by Gasteiger charge is -2.16. The van der Waals surface area contributed by atoms with E-state index in [2.05, 4.69) is 16.2 Å².